The van der Waals surface area contributed by atoms with Gasteiger partial charge in [0.1, 0.15) is 5.82 Å². The summed E-state index contributed by atoms with van der Waals surface area (Å²) in [6.07, 6.45) is -5.68. The zero-order valence-electron chi connectivity index (χ0n) is 19.0. The molecule has 1 N–H and O–H groups in total. The molecule has 0 spiro atoms. The van der Waals surface area contributed by atoms with E-state index in [0.717, 1.165) is 23.1 Å². The molecule has 184 valence electrons. The quantitative estimate of drug-likeness (QED) is 0.556. The fourth-order valence-electron chi connectivity index (χ4n) is 4.71. The number of allylic oxidation sites excluding steroid dienone is 1. The molecule has 2 aromatic carbocycles. The lowest BCUT2D eigenvalue weighted by Crippen LogP contribution is -2.66. The number of halogens is 5. The summed E-state index contributed by atoms with van der Waals surface area (Å²) in [5, 5.41) is 1.47. The fraction of sp³-hybridized carbons (Fsp3) is 0.320. The predicted molar refractivity (Wildman–Crippen MR) is 121 cm³/mol. The van der Waals surface area contributed by atoms with Gasteiger partial charge in [0.2, 0.25) is 5.54 Å². The van der Waals surface area contributed by atoms with Crippen molar-refractivity contribution in [3.05, 3.63) is 75.7 Å². The molecule has 1 atom stereocenters. The van der Waals surface area contributed by atoms with Gasteiger partial charge in [0.05, 0.1) is 16.3 Å². The van der Waals surface area contributed by atoms with Crippen molar-refractivity contribution in [2.45, 2.75) is 45.3 Å². The highest BCUT2D eigenvalue weighted by atomic mass is 35.5. The monoisotopic (exact) mass is 508 g/mol. The summed E-state index contributed by atoms with van der Waals surface area (Å²) in [7, 11) is 0. The highest BCUT2D eigenvalue weighted by molar-refractivity contribution is 6.31. The Morgan fingerprint density at radius 3 is 2.34 bits per heavy atom. The van der Waals surface area contributed by atoms with E-state index >= 15 is 0 Å². The number of anilines is 1. The topological polar surface area (TPSA) is 66.5 Å². The van der Waals surface area contributed by atoms with Gasteiger partial charge < -0.3 is 5.32 Å². The minimum absolute atomic E-state index is 0.0626. The number of hydrogen-bond acceptors (Lipinski definition) is 3. The Kier molecular flexibility index (Phi) is 5.83. The van der Waals surface area contributed by atoms with Gasteiger partial charge in [-0.05, 0) is 48.6 Å². The number of benzene rings is 2. The molecule has 10 heteroatoms. The van der Waals surface area contributed by atoms with Gasteiger partial charge in [0.25, 0.3) is 11.8 Å². The fourth-order valence-corrected chi connectivity index (χ4v) is 4.89. The van der Waals surface area contributed by atoms with Gasteiger partial charge >= 0.3 is 6.18 Å². The van der Waals surface area contributed by atoms with E-state index in [1.807, 2.05) is 5.32 Å². The van der Waals surface area contributed by atoms with Crippen LogP contribution in [0.2, 0.25) is 5.02 Å². The molecule has 4 rings (SSSR count). The maximum atomic E-state index is 14.9. The number of ketones is 1. The molecule has 0 fully saturated rings. The van der Waals surface area contributed by atoms with Crippen molar-refractivity contribution < 1.29 is 31.9 Å². The third kappa shape index (κ3) is 3.91. The second-order valence-corrected chi connectivity index (χ2v) is 9.93. The van der Waals surface area contributed by atoms with E-state index in [2.05, 4.69) is 0 Å². The second-order valence-electron chi connectivity index (χ2n) is 9.52. The van der Waals surface area contributed by atoms with E-state index in [0.29, 0.717) is 5.56 Å². The summed E-state index contributed by atoms with van der Waals surface area (Å²) >= 11 is 5.85. The zero-order chi connectivity index (χ0) is 25.9. The Hall–Kier alpha value is -3.20. The third-order valence-electron chi connectivity index (χ3n) is 6.30. The molecule has 0 radical (unpaired) electrons. The molecule has 0 bridgehead atoms. The number of rotatable bonds is 3. The average molecular weight is 509 g/mol. The van der Waals surface area contributed by atoms with Crippen molar-refractivity contribution in [1.29, 1.82) is 0 Å². The predicted octanol–water partition coefficient (Wildman–Crippen LogP) is 5.51. The number of Topliss-reactive ketones (excluding diaryl/α,β-unsaturated/α-hetero) is 1. The summed E-state index contributed by atoms with van der Waals surface area (Å²) in [6.45, 7) is 4.92. The van der Waals surface area contributed by atoms with Gasteiger partial charge in [-0.15, -0.1) is 0 Å². The maximum absolute atomic E-state index is 14.9. The van der Waals surface area contributed by atoms with E-state index in [4.69, 9.17) is 11.6 Å². The molecule has 2 aromatic rings. The number of nitrogens with one attached hydrogen (secondary N) is 1. The summed E-state index contributed by atoms with van der Waals surface area (Å²) in [5.41, 5.74) is -5.22. The lowest BCUT2D eigenvalue weighted by Gasteiger charge is -2.35. The standard InChI is InChI=1S/C25H21ClF4N2O3/c1-13-6-4-5-7-15(13)21(34)31-24(25(28,29)30)20-18(11-23(2,3)12-19(20)33)32(22(24)35)14-8-9-17(27)16(26)10-14/h4-10H,11-12H2,1-3H3,(H,31,34)/t24-/m0/s1. The molecule has 0 saturated carbocycles. The van der Waals surface area contributed by atoms with E-state index in [-0.39, 0.29) is 29.8 Å². The van der Waals surface area contributed by atoms with Crippen LogP contribution in [-0.4, -0.2) is 29.3 Å². The first-order chi connectivity index (χ1) is 16.2. The number of amides is 2. The summed E-state index contributed by atoms with van der Waals surface area (Å²) < 4.78 is 58.4. The largest absolute Gasteiger partial charge is 0.425 e. The van der Waals surface area contributed by atoms with Crippen LogP contribution >= 0.6 is 11.6 Å². The van der Waals surface area contributed by atoms with E-state index in [1.54, 1.807) is 19.9 Å². The Labute approximate surface area is 203 Å². The van der Waals surface area contributed by atoms with E-state index in [9.17, 15) is 31.9 Å². The molecule has 2 aliphatic rings. The molecule has 0 unspecified atom stereocenters. The lowest BCUT2D eigenvalue weighted by molar-refractivity contribution is -0.186. The molecule has 0 aromatic heterocycles. The molecular formula is C25H21ClF4N2O3. The van der Waals surface area contributed by atoms with Crippen molar-refractivity contribution in [2.75, 3.05) is 4.90 Å². The van der Waals surface area contributed by atoms with Crippen LogP contribution in [0.1, 0.15) is 42.6 Å². The number of hydrogen-bond donors (Lipinski definition) is 1. The molecule has 2 amide bonds. The SMILES string of the molecule is Cc1ccccc1C(=O)N[C@]1(C(F)(F)F)C(=O)N(c2ccc(F)c(Cl)c2)C2=C1C(=O)CC(C)(C)C2. The normalized spacial score (nSPS) is 21.9. The Balaban J connectivity index is 1.97. The Morgan fingerprint density at radius 1 is 1.09 bits per heavy atom. The van der Waals surface area contributed by atoms with E-state index in [1.165, 1.54) is 25.1 Å². The van der Waals surface area contributed by atoms with Crippen LogP contribution < -0.4 is 10.2 Å². The Morgan fingerprint density at radius 2 is 1.74 bits per heavy atom. The van der Waals surface area contributed by atoms with Crippen molar-refractivity contribution >= 4 is 34.9 Å². The van der Waals surface area contributed by atoms with Gasteiger partial charge in [-0.3, -0.25) is 19.3 Å². The van der Waals surface area contributed by atoms with Crippen LogP contribution in [-0.2, 0) is 9.59 Å². The average Bonchev–Trinajstić information content (AvgIpc) is 2.98. The van der Waals surface area contributed by atoms with Gasteiger partial charge in [-0.2, -0.15) is 13.2 Å². The van der Waals surface area contributed by atoms with Crippen LogP contribution in [0.25, 0.3) is 0 Å². The van der Waals surface area contributed by atoms with Crippen molar-refractivity contribution in [1.82, 2.24) is 5.32 Å². The van der Waals surface area contributed by atoms with Crippen molar-refractivity contribution in [3.8, 4) is 0 Å². The Bertz CT molecular complexity index is 1300. The van der Waals surface area contributed by atoms with Crippen LogP contribution in [0, 0.1) is 18.2 Å². The van der Waals surface area contributed by atoms with Crippen LogP contribution in [0.3, 0.4) is 0 Å². The zero-order valence-corrected chi connectivity index (χ0v) is 19.8. The molecule has 35 heavy (non-hydrogen) atoms. The molecule has 5 nitrogen and oxygen atoms in total. The van der Waals surface area contributed by atoms with Crippen LogP contribution in [0.15, 0.2) is 53.7 Å². The first kappa shape index (κ1) is 24.9. The molecule has 1 heterocycles. The molecule has 1 aliphatic carbocycles. The first-order valence-corrected chi connectivity index (χ1v) is 11.1. The van der Waals surface area contributed by atoms with Crippen molar-refractivity contribution in [2.24, 2.45) is 5.41 Å². The van der Waals surface area contributed by atoms with Crippen LogP contribution in [0.4, 0.5) is 23.2 Å². The summed E-state index contributed by atoms with van der Waals surface area (Å²) in [5.74, 6) is -4.46. The van der Waals surface area contributed by atoms with Gasteiger partial charge in [-0.1, -0.05) is 43.6 Å². The molecule has 0 saturated heterocycles. The minimum atomic E-state index is -5.36. The van der Waals surface area contributed by atoms with Gasteiger partial charge in [0.15, 0.2) is 5.78 Å². The first-order valence-electron chi connectivity index (χ1n) is 10.7. The van der Waals surface area contributed by atoms with Gasteiger partial charge in [-0.25, -0.2) is 4.39 Å². The minimum Gasteiger partial charge on any atom is -0.326 e. The van der Waals surface area contributed by atoms with Crippen molar-refractivity contribution in [3.63, 3.8) is 0 Å². The highest BCUT2D eigenvalue weighted by Gasteiger charge is 2.72. The summed E-state index contributed by atoms with van der Waals surface area (Å²) in [6, 6.07) is 8.99. The number of carbonyl (C=O) groups is 3. The van der Waals surface area contributed by atoms with Gasteiger partial charge in [0, 0.05) is 17.7 Å². The second kappa shape index (κ2) is 8.19. The highest BCUT2D eigenvalue weighted by Crippen LogP contribution is 2.53. The molecule has 1 aliphatic heterocycles. The number of carbonyl (C=O) groups excluding carboxylic acids is 3. The van der Waals surface area contributed by atoms with Crippen LogP contribution in [0.5, 0.6) is 0 Å². The summed E-state index contributed by atoms with van der Waals surface area (Å²) in [4.78, 5) is 40.7. The third-order valence-corrected chi connectivity index (χ3v) is 6.59. The van der Waals surface area contributed by atoms with E-state index < -0.39 is 51.1 Å². The maximum Gasteiger partial charge on any atom is 0.425 e. The number of alkyl halides is 3. The molecular weight excluding hydrogens is 488 g/mol. The number of nitrogens with zero attached hydrogens (tertiary/aromatic N) is 1. The smallest absolute Gasteiger partial charge is 0.326 e. The lowest BCUT2D eigenvalue weighted by atomic mass is 9.72. The number of aryl methyl sites for hydroxylation is 1.